The number of hydrogen-bond donors (Lipinski definition) is 0. The third-order valence-electron chi connectivity index (χ3n) is 7.17. The zero-order chi connectivity index (χ0) is 26.5. The Bertz CT molecular complexity index is 1640. The number of aromatic nitrogens is 6. The van der Waals surface area contributed by atoms with Crippen LogP contribution in [0.2, 0.25) is 0 Å². The molecule has 0 spiro atoms. The van der Waals surface area contributed by atoms with Crippen LogP contribution in [0, 0.1) is 11.2 Å². The van der Waals surface area contributed by atoms with Gasteiger partial charge in [-0.05, 0) is 55.2 Å². The van der Waals surface area contributed by atoms with Gasteiger partial charge in [0.1, 0.15) is 11.5 Å². The zero-order valence-electron chi connectivity index (χ0n) is 20.5. The lowest BCUT2D eigenvalue weighted by Crippen LogP contribution is -2.53. The normalized spacial score (nSPS) is 19.6. The van der Waals surface area contributed by atoms with Gasteiger partial charge in [-0.25, -0.2) is 27.2 Å². The third-order valence-corrected chi connectivity index (χ3v) is 9.60. The molecule has 1 aliphatic heterocycles. The van der Waals surface area contributed by atoms with Crippen molar-refractivity contribution < 1.29 is 17.6 Å². The second-order valence-corrected chi connectivity index (χ2v) is 12.1. The van der Waals surface area contributed by atoms with E-state index in [2.05, 4.69) is 20.4 Å². The molecule has 0 bridgehead atoms. The van der Waals surface area contributed by atoms with Crippen LogP contribution in [0.5, 0.6) is 0 Å². The second kappa shape index (κ2) is 9.33. The number of carbonyl (C=O) groups excluding carboxylic acids is 1. The van der Waals surface area contributed by atoms with Crippen LogP contribution in [-0.4, -0.2) is 61.4 Å². The molecular weight excluding hydrogens is 529 g/mol. The molecule has 1 saturated heterocycles. The number of Topliss-reactive ketones (excluding diaryl/α,β-unsaturated/α-hetero) is 1. The number of carbonyl (C=O) groups is 1. The van der Waals surface area contributed by atoms with Crippen LogP contribution in [0.15, 0.2) is 58.1 Å². The highest BCUT2D eigenvalue weighted by Crippen LogP contribution is 2.47. The zero-order valence-corrected chi connectivity index (χ0v) is 22.1. The van der Waals surface area contributed by atoms with Crippen molar-refractivity contribution in [2.24, 2.45) is 5.41 Å². The van der Waals surface area contributed by atoms with Crippen molar-refractivity contribution in [2.75, 3.05) is 13.1 Å². The average Bonchev–Trinajstić information content (AvgIpc) is 3.69. The fourth-order valence-electron chi connectivity index (χ4n) is 5.33. The van der Waals surface area contributed by atoms with Gasteiger partial charge in [0.05, 0.1) is 34.7 Å². The molecule has 2 aliphatic rings. The summed E-state index contributed by atoms with van der Waals surface area (Å²) >= 11 is 1.32. The van der Waals surface area contributed by atoms with Gasteiger partial charge in [-0.15, -0.1) is 16.4 Å². The SMILES string of the molecule is CCCn1nncc1S(=O)(=O)N1CCC2=Cc3c(cnn3-c3ccc(F)cc3)CC2(C(=O)c2cscn2)C1. The topological polar surface area (TPSA) is 116 Å². The van der Waals surface area contributed by atoms with Gasteiger partial charge in [0.15, 0.2) is 10.8 Å². The Hall–Kier alpha value is -3.55. The van der Waals surface area contributed by atoms with Crippen molar-refractivity contribution in [3.05, 3.63) is 75.9 Å². The fourth-order valence-corrected chi connectivity index (χ4v) is 7.42. The first kappa shape index (κ1) is 24.8. The van der Waals surface area contributed by atoms with E-state index in [1.165, 1.54) is 38.7 Å². The Morgan fingerprint density at radius 3 is 2.76 bits per heavy atom. The number of aryl methyl sites for hydroxylation is 1. The van der Waals surface area contributed by atoms with E-state index < -0.39 is 15.4 Å². The van der Waals surface area contributed by atoms with Crippen LogP contribution in [0.4, 0.5) is 4.39 Å². The van der Waals surface area contributed by atoms with Crippen LogP contribution in [-0.2, 0) is 23.0 Å². The molecule has 1 atom stereocenters. The Balaban J connectivity index is 1.43. The molecule has 0 radical (unpaired) electrons. The summed E-state index contributed by atoms with van der Waals surface area (Å²) < 4.78 is 45.5. The number of piperidine rings is 1. The fraction of sp³-hybridized carbons (Fsp3) is 0.320. The van der Waals surface area contributed by atoms with E-state index in [0.29, 0.717) is 30.8 Å². The van der Waals surface area contributed by atoms with Crippen molar-refractivity contribution in [3.63, 3.8) is 0 Å². The molecule has 13 heteroatoms. The van der Waals surface area contributed by atoms with Crippen LogP contribution in [0.3, 0.4) is 0 Å². The van der Waals surface area contributed by atoms with E-state index in [9.17, 15) is 17.6 Å². The van der Waals surface area contributed by atoms with Crippen LogP contribution in [0.25, 0.3) is 11.8 Å². The molecule has 0 N–H and O–H groups in total. The Morgan fingerprint density at radius 1 is 1.21 bits per heavy atom. The molecule has 38 heavy (non-hydrogen) atoms. The number of thiazole rings is 1. The van der Waals surface area contributed by atoms with Crippen molar-refractivity contribution in [3.8, 4) is 5.69 Å². The standard InChI is InChI=1S/C25H24FN7O3S2/c1-2-8-32-23(13-28-30-32)38(35,36)31-9-7-18-10-22-17(12-29-33(22)20-5-3-19(26)4-6-20)11-25(18,15-31)24(34)21-14-37-16-27-21/h3-6,10,12-14,16H,2,7-9,11,15H2,1H3. The van der Waals surface area contributed by atoms with E-state index in [0.717, 1.165) is 16.8 Å². The molecular formula is C25H24FN7O3S2. The molecule has 1 aliphatic carbocycles. The molecule has 0 saturated carbocycles. The number of sulfonamides is 1. The summed E-state index contributed by atoms with van der Waals surface area (Å²) in [7, 11) is -3.96. The lowest BCUT2D eigenvalue weighted by Gasteiger charge is -2.44. The molecule has 1 aromatic carbocycles. The van der Waals surface area contributed by atoms with Gasteiger partial charge in [0.2, 0.25) is 0 Å². The van der Waals surface area contributed by atoms with Gasteiger partial charge in [0.25, 0.3) is 10.0 Å². The van der Waals surface area contributed by atoms with Crippen LogP contribution < -0.4 is 0 Å². The summed E-state index contributed by atoms with van der Waals surface area (Å²) in [6.07, 6.45) is 6.22. The monoisotopic (exact) mass is 553 g/mol. The Kier molecular flexibility index (Phi) is 6.08. The average molecular weight is 554 g/mol. The maximum atomic E-state index is 14.1. The molecule has 1 unspecified atom stereocenters. The number of halogens is 1. The van der Waals surface area contributed by atoms with Gasteiger partial charge in [-0.2, -0.15) is 9.40 Å². The van der Waals surface area contributed by atoms with Crippen molar-refractivity contribution in [2.45, 2.75) is 37.8 Å². The van der Waals surface area contributed by atoms with E-state index >= 15 is 0 Å². The molecule has 3 aromatic heterocycles. The lowest BCUT2D eigenvalue weighted by atomic mass is 9.65. The number of fused-ring (bicyclic) bond motifs is 2. The van der Waals surface area contributed by atoms with Gasteiger partial charge >= 0.3 is 0 Å². The highest BCUT2D eigenvalue weighted by molar-refractivity contribution is 7.89. The minimum absolute atomic E-state index is 0.0173. The first-order valence-corrected chi connectivity index (χ1v) is 14.6. The summed E-state index contributed by atoms with van der Waals surface area (Å²) in [5, 5.41) is 14.0. The Labute approximate surface area is 222 Å². The maximum absolute atomic E-state index is 14.1. The molecule has 0 amide bonds. The van der Waals surface area contributed by atoms with Crippen molar-refractivity contribution in [1.29, 1.82) is 0 Å². The molecule has 10 nitrogen and oxygen atoms in total. The highest BCUT2D eigenvalue weighted by Gasteiger charge is 2.51. The maximum Gasteiger partial charge on any atom is 0.261 e. The minimum atomic E-state index is -3.96. The molecule has 196 valence electrons. The first-order chi connectivity index (χ1) is 18.3. The number of nitrogens with zero attached hydrogens (tertiary/aromatic N) is 7. The summed E-state index contributed by atoms with van der Waals surface area (Å²) in [6.45, 7) is 2.53. The molecule has 4 aromatic rings. The van der Waals surface area contributed by atoms with Gasteiger partial charge in [-0.1, -0.05) is 17.7 Å². The smallest absolute Gasteiger partial charge is 0.261 e. The number of ketones is 1. The first-order valence-electron chi connectivity index (χ1n) is 12.2. The molecule has 6 rings (SSSR count). The molecule has 1 fully saturated rings. The number of rotatable bonds is 7. The van der Waals surface area contributed by atoms with Crippen molar-refractivity contribution >= 4 is 33.2 Å². The quantitative estimate of drug-likeness (QED) is 0.322. The summed E-state index contributed by atoms with van der Waals surface area (Å²) in [6, 6.07) is 6.03. The highest BCUT2D eigenvalue weighted by atomic mass is 32.2. The summed E-state index contributed by atoms with van der Waals surface area (Å²) in [5.41, 5.74) is 3.91. The van der Waals surface area contributed by atoms with Crippen LogP contribution >= 0.6 is 11.3 Å². The number of benzene rings is 1. The van der Waals surface area contributed by atoms with Gasteiger partial charge in [0, 0.05) is 25.0 Å². The summed E-state index contributed by atoms with van der Waals surface area (Å²) in [4.78, 5) is 18.3. The summed E-state index contributed by atoms with van der Waals surface area (Å²) in [5.74, 6) is -0.560. The van der Waals surface area contributed by atoms with Crippen molar-refractivity contribution in [1.82, 2.24) is 34.1 Å². The van der Waals surface area contributed by atoms with E-state index in [4.69, 9.17) is 0 Å². The van der Waals surface area contributed by atoms with E-state index in [1.54, 1.807) is 33.9 Å². The van der Waals surface area contributed by atoms with Crippen LogP contribution in [0.1, 0.15) is 41.5 Å². The number of hydrogen-bond acceptors (Lipinski definition) is 8. The molecule has 4 heterocycles. The predicted molar refractivity (Wildman–Crippen MR) is 138 cm³/mol. The lowest BCUT2D eigenvalue weighted by molar-refractivity contribution is 0.0770. The minimum Gasteiger partial charge on any atom is -0.291 e. The predicted octanol–water partition coefficient (Wildman–Crippen LogP) is 3.37. The van der Waals surface area contributed by atoms with Gasteiger partial charge in [-0.3, -0.25) is 4.79 Å². The van der Waals surface area contributed by atoms with E-state index in [-0.39, 0.29) is 36.1 Å². The largest absolute Gasteiger partial charge is 0.291 e. The third kappa shape index (κ3) is 3.92. The second-order valence-electron chi connectivity index (χ2n) is 9.46. The van der Waals surface area contributed by atoms with E-state index in [1.807, 2.05) is 13.0 Å². The van der Waals surface area contributed by atoms with Gasteiger partial charge < -0.3 is 0 Å². The Morgan fingerprint density at radius 2 is 2.03 bits per heavy atom.